The minimum Gasteiger partial charge on any atom is -0.375 e. The number of carbonyl (C=O) groups excluding carboxylic acids is 4. The van der Waals surface area contributed by atoms with E-state index < -0.39 is 18.1 Å². The topological polar surface area (TPSA) is 84.0 Å². The zero-order valence-electron chi connectivity index (χ0n) is 13.7. The van der Waals surface area contributed by atoms with Crippen LogP contribution in [0, 0.1) is 11.8 Å². The lowest BCUT2D eigenvalue weighted by Crippen LogP contribution is -2.35. The summed E-state index contributed by atoms with van der Waals surface area (Å²) < 4.78 is 4.40. The van der Waals surface area contributed by atoms with Crippen LogP contribution in [0.25, 0.3) is 0 Å². The maximum atomic E-state index is 11.1. The third-order valence-corrected chi connectivity index (χ3v) is 4.44. The van der Waals surface area contributed by atoms with Gasteiger partial charge in [0.25, 0.3) is 5.24 Å². The van der Waals surface area contributed by atoms with Crippen molar-refractivity contribution in [1.82, 2.24) is 9.80 Å². The van der Waals surface area contributed by atoms with Crippen molar-refractivity contribution in [3.05, 3.63) is 0 Å². The van der Waals surface area contributed by atoms with Crippen molar-refractivity contribution in [2.24, 2.45) is 11.8 Å². The first-order valence-corrected chi connectivity index (χ1v) is 7.86. The lowest BCUT2D eigenvalue weighted by Gasteiger charge is -2.20. The number of rotatable bonds is 2. The molecule has 2 atom stereocenters. The van der Waals surface area contributed by atoms with Crippen LogP contribution in [0.4, 0.5) is 9.59 Å². The van der Waals surface area contributed by atoms with Gasteiger partial charge >= 0.3 is 12.1 Å². The maximum Gasteiger partial charge on any atom is 0.418 e. The summed E-state index contributed by atoms with van der Waals surface area (Å²) in [5.74, 6) is -0.113. The second kappa shape index (κ2) is 7.13. The molecule has 0 aromatic heterocycles. The molecule has 0 aromatic carbocycles. The smallest absolute Gasteiger partial charge is 0.375 e. The number of hydrogen-bond donors (Lipinski definition) is 0. The van der Waals surface area contributed by atoms with Crippen LogP contribution in [0.1, 0.15) is 27.7 Å². The van der Waals surface area contributed by atoms with E-state index in [2.05, 4.69) is 4.74 Å². The summed E-state index contributed by atoms with van der Waals surface area (Å²) in [6.45, 7) is 7.64. The lowest BCUT2D eigenvalue weighted by molar-refractivity contribution is -0.136. The highest BCUT2D eigenvalue weighted by molar-refractivity contribution is 8.26. The Balaban J connectivity index is 0.000000220. The predicted octanol–water partition coefficient (Wildman–Crippen LogP) is 1.96. The van der Waals surface area contributed by atoms with E-state index in [1.807, 2.05) is 27.7 Å². The second-order valence-corrected chi connectivity index (χ2v) is 6.93. The first-order chi connectivity index (χ1) is 10.1. The molecule has 22 heavy (non-hydrogen) atoms. The summed E-state index contributed by atoms with van der Waals surface area (Å²) in [4.78, 5) is 46.7. The molecule has 2 fully saturated rings. The first-order valence-electron chi connectivity index (χ1n) is 7.04. The molecule has 0 radical (unpaired) electrons. The Morgan fingerprint density at radius 3 is 1.59 bits per heavy atom. The van der Waals surface area contributed by atoms with Gasteiger partial charge in [0.15, 0.2) is 0 Å². The van der Waals surface area contributed by atoms with Crippen LogP contribution in [-0.2, 0) is 14.3 Å². The van der Waals surface area contributed by atoms with Gasteiger partial charge in [-0.2, -0.15) is 0 Å². The summed E-state index contributed by atoms with van der Waals surface area (Å²) in [5, 5.41) is -0.152. The third kappa shape index (κ3) is 3.79. The van der Waals surface area contributed by atoms with Gasteiger partial charge < -0.3 is 9.64 Å². The highest BCUT2D eigenvalue weighted by Crippen LogP contribution is 2.28. The largest absolute Gasteiger partial charge is 0.418 e. The van der Waals surface area contributed by atoms with Crippen molar-refractivity contribution in [3.8, 4) is 0 Å². The maximum absolute atomic E-state index is 11.1. The standard InChI is InChI=1S/C7H11NO3.C7H11NO2S/c2*1-4(2)5-6(9)11-7(10)8(5)3/h2*4-5H,1-3H3. The van der Waals surface area contributed by atoms with Crippen molar-refractivity contribution in [2.75, 3.05) is 14.1 Å². The van der Waals surface area contributed by atoms with E-state index in [4.69, 9.17) is 0 Å². The van der Waals surface area contributed by atoms with E-state index in [0.29, 0.717) is 0 Å². The number of carbonyl (C=O) groups is 4. The minimum atomic E-state index is -0.548. The number of hydrogen-bond acceptors (Lipinski definition) is 6. The average Bonchev–Trinajstić information content (AvgIpc) is 2.77. The molecule has 2 unspecified atom stereocenters. The van der Waals surface area contributed by atoms with Crippen LogP contribution < -0.4 is 0 Å². The summed E-state index contributed by atoms with van der Waals surface area (Å²) >= 11 is 0.813. The van der Waals surface area contributed by atoms with Gasteiger partial charge in [-0.15, -0.1) is 0 Å². The van der Waals surface area contributed by atoms with Gasteiger partial charge in [0, 0.05) is 25.9 Å². The number of cyclic esters (lactones) is 2. The number of nitrogens with zero attached hydrogens (tertiary/aromatic N) is 2. The van der Waals surface area contributed by atoms with Crippen LogP contribution in [-0.4, -0.2) is 58.4 Å². The molecule has 0 aliphatic carbocycles. The monoisotopic (exact) mass is 330 g/mol. The van der Waals surface area contributed by atoms with Crippen molar-refractivity contribution >= 4 is 34.2 Å². The van der Waals surface area contributed by atoms with Crippen LogP contribution in [0.2, 0.25) is 0 Å². The highest BCUT2D eigenvalue weighted by atomic mass is 32.2. The van der Waals surface area contributed by atoms with Gasteiger partial charge in [0.1, 0.15) is 12.1 Å². The quantitative estimate of drug-likeness (QED) is 0.568. The number of esters is 1. The van der Waals surface area contributed by atoms with Crippen LogP contribution in [0.15, 0.2) is 0 Å². The normalized spacial score (nSPS) is 25.1. The minimum absolute atomic E-state index is 0.0208. The Morgan fingerprint density at radius 1 is 0.909 bits per heavy atom. The van der Waals surface area contributed by atoms with Crippen molar-refractivity contribution < 1.29 is 23.9 Å². The molecule has 2 aliphatic heterocycles. The van der Waals surface area contributed by atoms with Crippen LogP contribution >= 0.6 is 11.8 Å². The Labute approximate surface area is 134 Å². The second-order valence-electron chi connectivity index (χ2n) is 5.97. The fourth-order valence-corrected chi connectivity index (χ4v) is 3.40. The predicted molar refractivity (Wildman–Crippen MR) is 82.3 cm³/mol. The zero-order valence-corrected chi connectivity index (χ0v) is 14.5. The Kier molecular flexibility index (Phi) is 5.99. The van der Waals surface area contributed by atoms with Gasteiger partial charge in [-0.3, -0.25) is 14.5 Å². The molecule has 0 saturated carbocycles. The molecular formula is C14H22N2O5S. The molecule has 0 aromatic rings. The van der Waals surface area contributed by atoms with Crippen molar-refractivity contribution in [2.45, 2.75) is 39.8 Å². The zero-order chi connectivity index (χ0) is 17.2. The fraction of sp³-hybridized carbons (Fsp3) is 0.714. The van der Waals surface area contributed by atoms with Crippen molar-refractivity contribution in [3.63, 3.8) is 0 Å². The molecule has 2 amide bonds. The van der Waals surface area contributed by atoms with Gasteiger partial charge in [0.2, 0.25) is 5.12 Å². The Hall–Kier alpha value is -1.57. The van der Waals surface area contributed by atoms with Gasteiger partial charge in [-0.25, -0.2) is 9.59 Å². The van der Waals surface area contributed by atoms with Crippen LogP contribution in [0.3, 0.4) is 0 Å². The molecule has 0 bridgehead atoms. The molecule has 8 heteroatoms. The molecule has 0 N–H and O–H groups in total. The van der Waals surface area contributed by atoms with Gasteiger partial charge in [-0.1, -0.05) is 27.7 Å². The molecule has 7 nitrogen and oxygen atoms in total. The molecular weight excluding hydrogens is 308 g/mol. The number of amides is 2. The SMILES string of the molecule is CC(C)C1C(=O)OC(=O)N1C.CC(C)C1C(=O)SC(=O)N1C. The van der Waals surface area contributed by atoms with E-state index in [0.717, 1.165) is 11.8 Å². The fourth-order valence-electron chi connectivity index (χ4n) is 2.42. The third-order valence-electron chi connectivity index (χ3n) is 3.53. The van der Waals surface area contributed by atoms with E-state index in [9.17, 15) is 19.2 Å². The number of thioether (sulfide) groups is 1. The van der Waals surface area contributed by atoms with Crippen molar-refractivity contribution in [1.29, 1.82) is 0 Å². The van der Waals surface area contributed by atoms with E-state index in [-0.39, 0.29) is 28.2 Å². The molecule has 2 aliphatic rings. The molecule has 2 rings (SSSR count). The van der Waals surface area contributed by atoms with E-state index in [1.165, 1.54) is 9.80 Å². The first kappa shape index (κ1) is 18.5. The number of ether oxygens (including phenoxy) is 1. The lowest BCUT2D eigenvalue weighted by atomic mass is 10.1. The molecule has 0 spiro atoms. The summed E-state index contributed by atoms with van der Waals surface area (Å²) in [7, 11) is 3.24. The molecule has 2 saturated heterocycles. The summed E-state index contributed by atoms with van der Waals surface area (Å²) in [6, 6.07) is -0.616. The highest BCUT2D eigenvalue weighted by Gasteiger charge is 2.40. The number of likely N-dealkylation sites (N-methyl/N-ethyl adjacent to an activating group) is 2. The molecule has 124 valence electrons. The summed E-state index contributed by atoms with van der Waals surface area (Å²) in [5.41, 5.74) is 0. The summed E-state index contributed by atoms with van der Waals surface area (Å²) in [6.07, 6.45) is -0.548. The van der Waals surface area contributed by atoms with Crippen LogP contribution in [0.5, 0.6) is 0 Å². The Bertz CT molecular complexity index is 448. The van der Waals surface area contributed by atoms with E-state index in [1.54, 1.807) is 14.1 Å². The van der Waals surface area contributed by atoms with E-state index >= 15 is 0 Å². The van der Waals surface area contributed by atoms with Gasteiger partial charge in [0.05, 0.1) is 0 Å². The Morgan fingerprint density at radius 2 is 1.41 bits per heavy atom. The van der Waals surface area contributed by atoms with Gasteiger partial charge in [-0.05, 0) is 11.8 Å². The average molecular weight is 330 g/mol. The molecule has 2 heterocycles.